The van der Waals surface area contributed by atoms with E-state index in [1.165, 1.54) is 0 Å². The fourth-order valence-corrected chi connectivity index (χ4v) is 1.52. The van der Waals surface area contributed by atoms with Gasteiger partial charge in [-0.2, -0.15) is 5.10 Å². The Bertz CT molecular complexity index is 355. The molecule has 1 heterocycles. The van der Waals surface area contributed by atoms with E-state index in [-0.39, 0.29) is 18.1 Å². The minimum atomic E-state index is -0.772. The minimum absolute atomic E-state index is 0.0590. The number of carbonyl (C=O) groups is 2. The fourth-order valence-electron chi connectivity index (χ4n) is 1.52. The molecule has 1 aliphatic rings. The third kappa shape index (κ3) is 3.05. The first-order chi connectivity index (χ1) is 7.70. The summed E-state index contributed by atoms with van der Waals surface area (Å²) in [5, 5.41) is 3.93. The maximum Gasteiger partial charge on any atom is 0.355 e. The summed E-state index contributed by atoms with van der Waals surface area (Å²) in [4.78, 5) is 22.9. The molecule has 17 heavy (non-hydrogen) atoms. The van der Waals surface area contributed by atoms with Crippen molar-refractivity contribution in [3.05, 3.63) is 0 Å². The Labute approximate surface area is 102 Å². The van der Waals surface area contributed by atoms with Crippen LogP contribution < -0.4 is 5.43 Å². The van der Waals surface area contributed by atoms with Crippen LogP contribution in [0, 0.1) is 5.92 Å². The van der Waals surface area contributed by atoms with Gasteiger partial charge in [0, 0.05) is 6.42 Å². The van der Waals surface area contributed by atoms with E-state index in [0.29, 0.717) is 0 Å². The average Bonchev–Trinajstić information content (AvgIpc) is 2.60. The van der Waals surface area contributed by atoms with E-state index in [1.807, 2.05) is 13.8 Å². The Morgan fingerprint density at radius 1 is 1.53 bits per heavy atom. The van der Waals surface area contributed by atoms with Gasteiger partial charge in [0.25, 0.3) is 0 Å². The number of hydrazone groups is 1. The van der Waals surface area contributed by atoms with Crippen LogP contribution in [0.4, 0.5) is 0 Å². The second-order valence-corrected chi connectivity index (χ2v) is 5.66. The number of nitrogens with one attached hydrogen (secondary N) is 1. The van der Waals surface area contributed by atoms with Gasteiger partial charge < -0.3 is 9.53 Å². The Kier molecular flexibility index (Phi) is 3.59. The van der Waals surface area contributed by atoms with Gasteiger partial charge >= 0.3 is 5.97 Å². The molecule has 0 aromatic heterocycles. The summed E-state index contributed by atoms with van der Waals surface area (Å²) in [5.41, 5.74) is 1.71. The van der Waals surface area contributed by atoms with Crippen LogP contribution in [0.3, 0.4) is 0 Å². The second-order valence-electron chi connectivity index (χ2n) is 5.66. The molecule has 5 nitrogen and oxygen atoms in total. The molecular formula is C12H20N2O3. The van der Waals surface area contributed by atoms with E-state index in [0.717, 1.165) is 6.29 Å². The largest absolute Gasteiger partial charge is 0.455 e. The monoisotopic (exact) mass is 240 g/mol. The molecule has 1 atom stereocenters. The van der Waals surface area contributed by atoms with Crippen LogP contribution in [-0.4, -0.2) is 29.1 Å². The third-order valence-electron chi connectivity index (χ3n) is 2.73. The molecule has 1 N–H and O–H groups in total. The molecule has 0 unspecified atom stereocenters. The van der Waals surface area contributed by atoms with Crippen molar-refractivity contribution in [3.8, 4) is 0 Å². The highest BCUT2D eigenvalue weighted by molar-refractivity contribution is 6.37. The quantitative estimate of drug-likeness (QED) is 0.596. The first kappa shape index (κ1) is 13.7. The Morgan fingerprint density at radius 2 is 2.12 bits per heavy atom. The fraction of sp³-hybridized carbons (Fsp3) is 0.750. The maximum absolute atomic E-state index is 11.8. The molecule has 0 aromatic carbocycles. The predicted octanol–water partition coefficient (Wildman–Crippen LogP) is 1.27. The summed E-state index contributed by atoms with van der Waals surface area (Å²) in [6.45, 7) is 9.21. The van der Waals surface area contributed by atoms with Crippen molar-refractivity contribution in [2.45, 2.75) is 52.2 Å². The lowest BCUT2D eigenvalue weighted by Gasteiger charge is -2.26. The Morgan fingerprint density at radius 3 is 2.47 bits per heavy atom. The number of nitrogens with zero attached hydrogens (tertiary/aromatic N) is 1. The first-order valence-corrected chi connectivity index (χ1v) is 5.73. The van der Waals surface area contributed by atoms with Crippen LogP contribution in [0.2, 0.25) is 0 Å². The number of ether oxygens (including phenoxy) is 1. The smallest absolute Gasteiger partial charge is 0.355 e. The lowest BCUT2D eigenvalue weighted by atomic mass is 9.85. The van der Waals surface area contributed by atoms with Crippen molar-refractivity contribution in [1.82, 2.24) is 5.43 Å². The summed E-state index contributed by atoms with van der Waals surface area (Å²) in [5.74, 6) is -0.405. The zero-order chi connectivity index (χ0) is 13.3. The van der Waals surface area contributed by atoms with Crippen molar-refractivity contribution in [3.63, 3.8) is 0 Å². The number of rotatable bonds is 3. The van der Waals surface area contributed by atoms with E-state index in [4.69, 9.17) is 4.74 Å². The van der Waals surface area contributed by atoms with Crippen LogP contribution in [-0.2, 0) is 14.3 Å². The van der Waals surface area contributed by atoms with Crippen LogP contribution in [0.15, 0.2) is 5.10 Å². The van der Waals surface area contributed by atoms with Crippen LogP contribution in [0.1, 0.15) is 41.0 Å². The Hall–Kier alpha value is -1.39. The van der Waals surface area contributed by atoms with Gasteiger partial charge in [-0.15, -0.1) is 0 Å². The number of hydrogen-bond acceptors (Lipinski definition) is 5. The lowest BCUT2D eigenvalue weighted by molar-refractivity contribution is -0.146. The zero-order valence-corrected chi connectivity index (χ0v) is 11.0. The van der Waals surface area contributed by atoms with E-state index in [9.17, 15) is 9.59 Å². The first-order valence-electron chi connectivity index (χ1n) is 5.73. The molecule has 0 aromatic rings. The van der Waals surface area contributed by atoms with Crippen LogP contribution >= 0.6 is 0 Å². The average molecular weight is 240 g/mol. The second kappa shape index (κ2) is 4.47. The molecule has 96 valence electrons. The van der Waals surface area contributed by atoms with E-state index in [1.54, 1.807) is 20.8 Å². The van der Waals surface area contributed by atoms with Crippen LogP contribution in [0.5, 0.6) is 0 Å². The molecule has 0 spiro atoms. The summed E-state index contributed by atoms with van der Waals surface area (Å²) in [7, 11) is 0. The predicted molar refractivity (Wildman–Crippen MR) is 64.7 cm³/mol. The van der Waals surface area contributed by atoms with Crippen molar-refractivity contribution < 1.29 is 14.3 Å². The number of aldehydes is 1. The van der Waals surface area contributed by atoms with E-state index in [2.05, 4.69) is 10.5 Å². The SMILES string of the molecule is CC(C)[C@@]1(C=O)CC(C(=O)OC(C)(C)C)=NN1. The molecule has 0 radical (unpaired) electrons. The van der Waals surface area contributed by atoms with Gasteiger partial charge in [0.05, 0.1) is 0 Å². The highest BCUT2D eigenvalue weighted by atomic mass is 16.6. The zero-order valence-electron chi connectivity index (χ0n) is 11.0. The number of carbonyl (C=O) groups excluding carboxylic acids is 2. The van der Waals surface area contributed by atoms with Gasteiger partial charge in [0.15, 0.2) is 0 Å². The molecule has 0 saturated carbocycles. The lowest BCUT2D eigenvalue weighted by Crippen LogP contribution is -2.46. The van der Waals surface area contributed by atoms with Crippen molar-refractivity contribution in [2.75, 3.05) is 0 Å². The van der Waals surface area contributed by atoms with Crippen molar-refractivity contribution in [1.29, 1.82) is 0 Å². The molecule has 0 aliphatic carbocycles. The highest BCUT2D eigenvalue weighted by Crippen LogP contribution is 2.25. The molecule has 0 amide bonds. The Balaban J connectivity index is 2.73. The molecular weight excluding hydrogens is 220 g/mol. The van der Waals surface area contributed by atoms with Crippen molar-refractivity contribution >= 4 is 18.0 Å². The molecule has 5 heteroatoms. The highest BCUT2D eigenvalue weighted by Gasteiger charge is 2.42. The standard InChI is InChI=1S/C12H20N2O3/c1-8(2)12(7-15)6-9(13-14-12)10(16)17-11(3,4)5/h7-8,14H,6H2,1-5H3/t12-/m0/s1. The maximum atomic E-state index is 11.8. The summed E-state index contributed by atoms with van der Waals surface area (Å²) in [6.07, 6.45) is 1.10. The number of hydrogen-bond donors (Lipinski definition) is 1. The van der Waals surface area contributed by atoms with Crippen molar-refractivity contribution in [2.24, 2.45) is 11.0 Å². The normalized spacial score (nSPS) is 24.2. The van der Waals surface area contributed by atoms with Gasteiger partial charge in [0.2, 0.25) is 0 Å². The van der Waals surface area contributed by atoms with E-state index >= 15 is 0 Å². The molecule has 1 rings (SSSR count). The van der Waals surface area contributed by atoms with Gasteiger partial charge in [-0.3, -0.25) is 5.43 Å². The van der Waals surface area contributed by atoms with Gasteiger partial charge in [-0.05, 0) is 26.7 Å². The molecule has 0 saturated heterocycles. The van der Waals surface area contributed by atoms with E-state index < -0.39 is 17.1 Å². The van der Waals surface area contributed by atoms with Gasteiger partial charge in [-0.1, -0.05) is 13.8 Å². The third-order valence-corrected chi connectivity index (χ3v) is 2.73. The van der Waals surface area contributed by atoms with Crippen LogP contribution in [0.25, 0.3) is 0 Å². The minimum Gasteiger partial charge on any atom is -0.455 e. The molecule has 1 aliphatic heterocycles. The summed E-state index contributed by atoms with van der Waals surface area (Å²) >= 11 is 0. The molecule has 0 bridgehead atoms. The summed E-state index contributed by atoms with van der Waals surface area (Å²) in [6, 6.07) is 0. The topological polar surface area (TPSA) is 67.8 Å². The number of esters is 1. The molecule has 0 fully saturated rings. The van der Waals surface area contributed by atoms with Gasteiger partial charge in [0.1, 0.15) is 23.1 Å². The summed E-state index contributed by atoms with van der Waals surface area (Å²) < 4.78 is 5.21. The van der Waals surface area contributed by atoms with Gasteiger partial charge in [-0.25, -0.2) is 4.79 Å².